The van der Waals surface area contributed by atoms with Crippen LogP contribution in [-0.2, 0) is 36.4 Å². The number of rotatable bonds is 9. The second kappa shape index (κ2) is 9.55. The lowest BCUT2D eigenvalue weighted by Crippen LogP contribution is -2.56. The third-order valence-electron chi connectivity index (χ3n) is 3.93. The molecule has 0 radical (unpaired) electrons. The summed E-state index contributed by atoms with van der Waals surface area (Å²) in [6, 6.07) is -1.04. The number of aliphatic hydroxyl groups excluding tert-OH is 1. The van der Waals surface area contributed by atoms with Gasteiger partial charge >= 0.3 is 29.5 Å². The van der Waals surface area contributed by atoms with Crippen molar-refractivity contribution in [2.24, 2.45) is 5.92 Å². The minimum atomic E-state index is -5.82. The number of ether oxygens (including phenoxy) is 1. The Bertz CT molecular complexity index is 852. The summed E-state index contributed by atoms with van der Waals surface area (Å²) in [5.41, 5.74) is 0. The zero-order valence-corrected chi connectivity index (χ0v) is 17.6. The van der Waals surface area contributed by atoms with Gasteiger partial charge in [0.15, 0.2) is 6.23 Å². The van der Waals surface area contributed by atoms with Crippen molar-refractivity contribution in [3.8, 4) is 0 Å². The van der Waals surface area contributed by atoms with E-state index in [1.165, 1.54) is 0 Å². The number of halogens is 2. The van der Waals surface area contributed by atoms with E-state index in [9.17, 15) is 42.1 Å². The molecule has 6 N–H and O–H groups in total. The van der Waals surface area contributed by atoms with Gasteiger partial charge in [-0.15, -0.1) is 0 Å². The summed E-state index contributed by atoms with van der Waals surface area (Å²) >= 11 is 0. The number of amides is 3. The number of nitrogens with zero attached hydrogens (tertiary/aromatic N) is 1. The van der Waals surface area contributed by atoms with Crippen LogP contribution in [0, 0.1) is 5.92 Å². The number of hydrogen-bond donors (Lipinski definition) is 6. The van der Waals surface area contributed by atoms with E-state index in [1.807, 2.05) is 5.32 Å². The van der Waals surface area contributed by atoms with Crippen LogP contribution in [0.25, 0.3) is 0 Å². The van der Waals surface area contributed by atoms with Crippen molar-refractivity contribution in [1.82, 2.24) is 10.2 Å². The van der Waals surface area contributed by atoms with Crippen LogP contribution in [0.1, 0.15) is 6.42 Å². The molecule has 0 bridgehead atoms. The summed E-state index contributed by atoms with van der Waals surface area (Å²) in [4.78, 5) is 59.1. The van der Waals surface area contributed by atoms with Crippen molar-refractivity contribution in [3.63, 3.8) is 0 Å². The molecule has 3 amide bonds. The molecule has 180 valence electrons. The standard InChI is InChI=1S/C10H17F2N2O14P3/c11-8(12)6-4(3-25-30(21,22)28-31(23,24)27-29(18,19)20)26-9(7(6)16)14-2-1-5(15)13-10(14)17/h4,6-9,16H,1-3H2,(H,21,22)(H,23,24)(H,13,15,17)(H2,18,19,20)/t4-,6-,7-,9-/m1/s1. The van der Waals surface area contributed by atoms with Gasteiger partial charge in [-0.3, -0.25) is 19.5 Å². The lowest BCUT2D eigenvalue weighted by Gasteiger charge is -2.33. The molecular weight excluding hydrogens is 503 g/mol. The number of imide groups is 1. The molecule has 2 aliphatic heterocycles. The Hall–Kier alpha value is -0.870. The Morgan fingerprint density at radius 3 is 2.26 bits per heavy atom. The number of hydrogen-bond acceptors (Lipinski definition) is 10. The lowest BCUT2D eigenvalue weighted by atomic mass is 9.98. The van der Waals surface area contributed by atoms with Crippen LogP contribution in [0.2, 0.25) is 0 Å². The Kier molecular flexibility index (Phi) is 8.13. The van der Waals surface area contributed by atoms with Gasteiger partial charge in [-0.25, -0.2) is 27.3 Å². The fraction of sp³-hybridized carbons (Fsp3) is 0.800. The molecule has 6 atom stereocenters. The number of alkyl halides is 2. The van der Waals surface area contributed by atoms with E-state index in [0.29, 0.717) is 0 Å². The van der Waals surface area contributed by atoms with E-state index in [0.717, 1.165) is 4.90 Å². The van der Waals surface area contributed by atoms with Gasteiger partial charge in [0.2, 0.25) is 12.3 Å². The highest BCUT2D eigenvalue weighted by molar-refractivity contribution is 7.66. The second-order valence-corrected chi connectivity index (χ2v) is 10.6. The van der Waals surface area contributed by atoms with Gasteiger partial charge in [-0.2, -0.15) is 8.62 Å². The van der Waals surface area contributed by atoms with Crippen LogP contribution >= 0.6 is 23.5 Å². The molecule has 0 spiro atoms. The SMILES string of the molecule is O=C1CCN([C@@H]2O[C@H](COP(=O)(O)OP(=O)(O)OP(=O)(O)O)[C@@H](C(F)F)[C@H]2O)C(=O)N1. The average molecular weight is 520 g/mol. The molecule has 16 nitrogen and oxygen atoms in total. The van der Waals surface area contributed by atoms with Gasteiger partial charge in [-0.1, -0.05) is 0 Å². The smallest absolute Gasteiger partial charge is 0.388 e. The van der Waals surface area contributed by atoms with E-state index in [-0.39, 0.29) is 13.0 Å². The molecule has 0 saturated carbocycles. The van der Waals surface area contributed by atoms with Gasteiger partial charge in [0.1, 0.15) is 6.10 Å². The number of carbonyl (C=O) groups is 2. The van der Waals surface area contributed by atoms with Crippen LogP contribution in [0.5, 0.6) is 0 Å². The molecule has 2 saturated heterocycles. The number of carbonyl (C=O) groups excluding carboxylic acids is 2. The van der Waals surface area contributed by atoms with Crippen molar-refractivity contribution < 1.29 is 74.6 Å². The molecule has 2 fully saturated rings. The van der Waals surface area contributed by atoms with Gasteiger partial charge in [0.25, 0.3) is 0 Å². The highest BCUT2D eigenvalue weighted by atomic mass is 31.3. The minimum Gasteiger partial charge on any atom is -0.388 e. The number of nitrogens with one attached hydrogen (secondary N) is 1. The quantitative estimate of drug-likeness (QED) is 0.205. The molecule has 2 heterocycles. The Labute approximate surface area is 171 Å². The Morgan fingerprint density at radius 1 is 1.13 bits per heavy atom. The topological polar surface area (TPSA) is 239 Å². The molecule has 0 aliphatic carbocycles. The van der Waals surface area contributed by atoms with E-state index < -0.39 is 72.8 Å². The average Bonchev–Trinajstić information content (AvgIpc) is 2.86. The number of aliphatic hydroxyl groups is 1. The summed E-state index contributed by atoms with van der Waals surface area (Å²) in [7, 11) is -17.1. The summed E-state index contributed by atoms with van der Waals surface area (Å²) in [5.74, 6) is -2.72. The van der Waals surface area contributed by atoms with Crippen molar-refractivity contribution in [2.75, 3.05) is 13.2 Å². The number of phosphoric ester groups is 1. The Balaban J connectivity index is 2.08. The number of phosphoric acid groups is 3. The van der Waals surface area contributed by atoms with E-state index in [2.05, 4.69) is 13.1 Å². The first-order valence-electron chi connectivity index (χ1n) is 8.02. The predicted octanol–water partition coefficient (Wildman–Crippen LogP) is -0.761. The van der Waals surface area contributed by atoms with E-state index in [4.69, 9.17) is 19.4 Å². The van der Waals surface area contributed by atoms with Gasteiger partial charge < -0.3 is 29.4 Å². The molecule has 2 unspecified atom stereocenters. The van der Waals surface area contributed by atoms with Crippen LogP contribution in [0.3, 0.4) is 0 Å². The van der Waals surface area contributed by atoms with Crippen LogP contribution in [0.4, 0.5) is 13.6 Å². The maximum atomic E-state index is 13.4. The van der Waals surface area contributed by atoms with Crippen LogP contribution < -0.4 is 5.32 Å². The third-order valence-corrected chi connectivity index (χ3v) is 7.74. The molecule has 21 heteroatoms. The maximum absolute atomic E-state index is 13.4. The summed E-state index contributed by atoms with van der Waals surface area (Å²) in [6.07, 6.45) is -9.07. The first kappa shape index (κ1) is 26.4. The van der Waals surface area contributed by atoms with Gasteiger partial charge in [0, 0.05) is 13.0 Å². The first-order valence-corrected chi connectivity index (χ1v) is 12.5. The molecule has 2 aliphatic rings. The zero-order valence-electron chi connectivity index (χ0n) is 15.0. The highest BCUT2D eigenvalue weighted by Crippen LogP contribution is 2.66. The maximum Gasteiger partial charge on any atom is 0.490 e. The summed E-state index contributed by atoms with van der Waals surface area (Å²) in [5, 5.41) is 12.0. The lowest BCUT2D eigenvalue weighted by molar-refractivity contribution is -0.125. The van der Waals surface area contributed by atoms with Crippen LogP contribution in [0.15, 0.2) is 0 Å². The van der Waals surface area contributed by atoms with E-state index >= 15 is 0 Å². The molecule has 2 rings (SSSR count). The Morgan fingerprint density at radius 2 is 1.74 bits per heavy atom. The zero-order chi connectivity index (χ0) is 23.8. The summed E-state index contributed by atoms with van der Waals surface area (Å²) < 4.78 is 76.7. The number of urea groups is 1. The molecule has 0 aromatic heterocycles. The monoisotopic (exact) mass is 520 g/mol. The minimum absolute atomic E-state index is 0.218. The fourth-order valence-corrected chi connectivity index (χ4v) is 5.80. The molecular formula is C10H17F2N2O14P3. The van der Waals surface area contributed by atoms with Crippen molar-refractivity contribution in [2.45, 2.75) is 31.3 Å². The first-order chi connectivity index (χ1) is 14.0. The van der Waals surface area contributed by atoms with E-state index in [1.54, 1.807) is 0 Å². The van der Waals surface area contributed by atoms with Crippen molar-refractivity contribution in [3.05, 3.63) is 0 Å². The predicted molar refractivity (Wildman–Crippen MR) is 88.8 cm³/mol. The molecule has 0 aromatic rings. The summed E-state index contributed by atoms with van der Waals surface area (Å²) in [6.45, 7) is -1.54. The fourth-order valence-electron chi connectivity index (χ4n) is 2.77. The van der Waals surface area contributed by atoms with Crippen molar-refractivity contribution >= 4 is 35.4 Å². The second-order valence-electron chi connectivity index (χ2n) is 6.15. The highest BCUT2D eigenvalue weighted by Gasteiger charge is 2.53. The molecule has 31 heavy (non-hydrogen) atoms. The normalized spacial score (nSPS) is 31.4. The van der Waals surface area contributed by atoms with Gasteiger partial charge in [-0.05, 0) is 0 Å². The van der Waals surface area contributed by atoms with Gasteiger partial charge in [0.05, 0.1) is 18.6 Å². The third kappa shape index (κ3) is 7.32. The van der Waals surface area contributed by atoms with Crippen LogP contribution in [-0.4, -0.2) is 79.5 Å². The largest absolute Gasteiger partial charge is 0.490 e. The van der Waals surface area contributed by atoms with Crippen molar-refractivity contribution in [1.29, 1.82) is 0 Å². The molecule has 0 aromatic carbocycles.